The second kappa shape index (κ2) is 3.19. The molecule has 1 amide bonds. The van der Waals surface area contributed by atoms with Crippen LogP contribution in [0.5, 0.6) is 0 Å². The van der Waals surface area contributed by atoms with Gasteiger partial charge in [-0.1, -0.05) is 0 Å². The van der Waals surface area contributed by atoms with E-state index in [0.717, 1.165) is 4.57 Å². The van der Waals surface area contributed by atoms with E-state index in [9.17, 15) is 9.59 Å². The molecule has 2 heterocycles. The minimum absolute atomic E-state index is 0.170. The summed E-state index contributed by atoms with van der Waals surface area (Å²) in [4.78, 5) is 26.4. The number of nitrogens with zero attached hydrogens (tertiary/aromatic N) is 4. The molecule has 78 valence electrons. The Hall–Kier alpha value is -2.18. The highest BCUT2D eigenvalue weighted by molar-refractivity contribution is 5.75. The summed E-state index contributed by atoms with van der Waals surface area (Å²) >= 11 is 0. The van der Waals surface area contributed by atoms with Crippen molar-refractivity contribution in [1.82, 2.24) is 19.3 Å². The monoisotopic (exact) mass is 207 g/mol. The third-order valence-electron chi connectivity index (χ3n) is 2.04. The minimum atomic E-state index is -0.581. The average Bonchev–Trinajstić information content (AvgIpc) is 2.53. The van der Waals surface area contributed by atoms with Crippen molar-refractivity contribution in [2.24, 2.45) is 12.8 Å². The van der Waals surface area contributed by atoms with E-state index < -0.39 is 5.91 Å². The smallest absolute Gasteiger partial charge is 0.264 e. The Morgan fingerprint density at radius 2 is 2.33 bits per heavy atom. The van der Waals surface area contributed by atoms with Gasteiger partial charge in [-0.3, -0.25) is 18.8 Å². The minimum Gasteiger partial charge on any atom is -0.368 e. The maximum atomic E-state index is 11.7. The van der Waals surface area contributed by atoms with Crippen molar-refractivity contribution in [2.45, 2.75) is 6.54 Å². The molecule has 0 aliphatic carbocycles. The van der Waals surface area contributed by atoms with Crippen LogP contribution in [0.25, 0.3) is 11.0 Å². The van der Waals surface area contributed by atoms with Crippen LogP contribution in [-0.4, -0.2) is 25.2 Å². The van der Waals surface area contributed by atoms with Gasteiger partial charge in [-0.2, -0.15) is 5.10 Å². The molecule has 0 spiro atoms. The van der Waals surface area contributed by atoms with E-state index >= 15 is 0 Å². The SMILES string of the molecule is Cn1ncc2c(=O)n(CC(N)=O)cnc21. The fourth-order valence-electron chi connectivity index (χ4n) is 1.35. The standard InChI is InChI=1S/C8H9N5O2/c1-12-7-5(2-11-12)8(15)13(4-10-7)3-6(9)14/h2,4H,3H2,1H3,(H2,9,14). The van der Waals surface area contributed by atoms with Gasteiger partial charge in [-0.25, -0.2) is 4.98 Å². The summed E-state index contributed by atoms with van der Waals surface area (Å²) in [5.74, 6) is -0.581. The van der Waals surface area contributed by atoms with Crippen molar-refractivity contribution in [1.29, 1.82) is 0 Å². The van der Waals surface area contributed by atoms with Crippen LogP contribution in [-0.2, 0) is 18.4 Å². The molecule has 0 aliphatic heterocycles. The molecule has 0 bridgehead atoms. The highest BCUT2D eigenvalue weighted by Gasteiger charge is 2.08. The number of carbonyl (C=O) groups excluding carboxylic acids is 1. The van der Waals surface area contributed by atoms with Crippen LogP contribution in [0.1, 0.15) is 0 Å². The summed E-state index contributed by atoms with van der Waals surface area (Å²) in [6.07, 6.45) is 2.71. The van der Waals surface area contributed by atoms with E-state index in [1.807, 2.05) is 0 Å². The molecule has 7 heteroatoms. The molecule has 0 radical (unpaired) electrons. The zero-order chi connectivity index (χ0) is 11.0. The number of rotatable bonds is 2. The van der Waals surface area contributed by atoms with Crippen LogP contribution in [0.2, 0.25) is 0 Å². The van der Waals surface area contributed by atoms with Crippen molar-refractivity contribution in [2.75, 3.05) is 0 Å². The Labute approximate surface area is 84.1 Å². The number of nitrogens with two attached hydrogens (primary N) is 1. The second-order valence-electron chi connectivity index (χ2n) is 3.15. The predicted octanol–water partition coefficient (Wildman–Crippen LogP) is -1.38. The Kier molecular flexibility index (Phi) is 2.00. The number of aryl methyl sites for hydroxylation is 1. The Balaban J connectivity index is 2.66. The van der Waals surface area contributed by atoms with Gasteiger partial charge in [0.25, 0.3) is 5.56 Å². The van der Waals surface area contributed by atoms with Crippen molar-refractivity contribution in [3.05, 3.63) is 22.9 Å². The van der Waals surface area contributed by atoms with Crippen molar-refractivity contribution >= 4 is 16.9 Å². The number of fused-ring (bicyclic) bond motifs is 1. The zero-order valence-corrected chi connectivity index (χ0v) is 8.04. The molecule has 0 saturated carbocycles. The van der Waals surface area contributed by atoms with E-state index in [1.165, 1.54) is 17.2 Å². The predicted molar refractivity (Wildman–Crippen MR) is 52.0 cm³/mol. The molecule has 0 aliphatic rings. The van der Waals surface area contributed by atoms with E-state index in [1.54, 1.807) is 7.05 Å². The topological polar surface area (TPSA) is 95.8 Å². The van der Waals surface area contributed by atoms with Gasteiger partial charge >= 0.3 is 0 Å². The molecular weight excluding hydrogens is 198 g/mol. The van der Waals surface area contributed by atoms with Gasteiger partial charge < -0.3 is 5.73 Å². The van der Waals surface area contributed by atoms with Gasteiger partial charge in [-0.05, 0) is 0 Å². The van der Waals surface area contributed by atoms with E-state index in [4.69, 9.17) is 5.73 Å². The number of carbonyl (C=O) groups is 1. The maximum absolute atomic E-state index is 11.7. The Morgan fingerprint density at radius 3 is 3.00 bits per heavy atom. The van der Waals surface area contributed by atoms with Gasteiger partial charge in [0, 0.05) is 7.05 Å². The molecule has 15 heavy (non-hydrogen) atoms. The maximum Gasteiger partial charge on any atom is 0.264 e. The fourth-order valence-corrected chi connectivity index (χ4v) is 1.35. The summed E-state index contributed by atoms with van der Waals surface area (Å²) in [5.41, 5.74) is 5.17. The third kappa shape index (κ3) is 1.47. The molecule has 0 fully saturated rings. The van der Waals surface area contributed by atoms with Crippen LogP contribution in [0, 0.1) is 0 Å². The normalized spacial score (nSPS) is 10.7. The first-order valence-corrected chi connectivity index (χ1v) is 4.25. The largest absolute Gasteiger partial charge is 0.368 e. The highest BCUT2D eigenvalue weighted by Crippen LogP contribution is 2.02. The van der Waals surface area contributed by atoms with Crippen LogP contribution in [0.3, 0.4) is 0 Å². The van der Waals surface area contributed by atoms with Gasteiger partial charge in [-0.15, -0.1) is 0 Å². The summed E-state index contributed by atoms with van der Waals surface area (Å²) in [5, 5.41) is 4.28. The molecule has 2 aromatic rings. The van der Waals surface area contributed by atoms with Crippen molar-refractivity contribution < 1.29 is 4.79 Å². The second-order valence-corrected chi connectivity index (χ2v) is 3.15. The molecule has 7 nitrogen and oxygen atoms in total. The summed E-state index contributed by atoms with van der Waals surface area (Å²) in [6.45, 7) is -0.170. The molecule has 0 aromatic carbocycles. The lowest BCUT2D eigenvalue weighted by Gasteiger charge is -2.01. The summed E-state index contributed by atoms with van der Waals surface area (Å²) < 4.78 is 2.65. The lowest BCUT2D eigenvalue weighted by atomic mass is 10.4. The molecule has 0 unspecified atom stereocenters. The van der Waals surface area contributed by atoms with E-state index in [2.05, 4.69) is 10.1 Å². The Bertz CT molecular complexity index is 582. The summed E-state index contributed by atoms with van der Waals surface area (Å²) in [7, 11) is 1.69. The first kappa shape index (κ1) is 9.38. The average molecular weight is 207 g/mol. The van der Waals surface area contributed by atoms with Crippen LogP contribution >= 0.6 is 0 Å². The quantitative estimate of drug-likeness (QED) is 0.656. The third-order valence-corrected chi connectivity index (χ3v) is 2.04. The molecular formula is C8H9N5O2. The zero-order valence-electron chi connectivity index (χ0n) is 8.04. The number of primary amides is 1. The van der Waals surface area contributed by atoms with Crippen molar-refractivity contribution in [3.8, 4) is 0 Å². The van der Waals surface area contributed by atoms with Crippen LogP contribution in [0.4, 0.5) is 0 Å². The first-order valence-electron chi connectivity index (χ1n) is 4.25. The molecule has 2 rings (SSSR count). The molecule has 2 N–H and O–H groups in total. The first-order chi connectivity index (χ1) is 7.09. The van der Waals surface area contributed by atoms with Crippen LogP contribution in [0.15, 0.2) is 17.3 Å². The fraction of sp³-hybridized carbons (Fsp3) is 0.250. The van der Waals surface area contributed by atoms with Gasteiger partial charge in [0.2, 0.25) is 5.91 Å². The van der Waals surface area contributed by atoms with Gasteiger partial charge in [0.05, 0.1) is 6.20 Å². The number of amides is 1. The molecule has 2 aromatic heterocycles. The van der Waals surface area contributed by atoms with E-state index in [-0.39, 0.29) is 12.1 Å². The van der Waals surface area contributed by atoms with E-state index in [0.29, 0.717) is 11.0 Å². The molecule has 0 atom stereocenters. The lowest BCUT2D eigenvalue weighted by molar-refractivity contribution is -0.118. The Morgan fingerprint density at radius 1 is 1.60 bits per heavy atom. The lowest BCUT2D eigenvalue weighted by Crippen LogP contribution is -2.28. The van der Waals surface area contributed by atoms with Gasteiger partial charge in [0.15, 0.2) is 5.65 Å². The van der Waals surface area contributed by atoms with Crippen LogP contribution < -0.4 is 11.3 Å². The number of hydrogen-bond donors (Lipinski definition) is 1. The number of aromatic nitrogens is 4. The van der Waals surface area contributed by atoms with Crippen molar-refractivity contribution in [3.63, 3.8) is 0 Å². The summed E-state index contributed by atoms with van der Waals surface area (Å²) in [6, 6.07) is 0. The number of hydrogen-bond acceptors (Lipinski definition) is 4. The molecule has 0 saturated heterocycles. The highest BCUT2D eigenvalue weighted by atomic mass is 16.2. The van der Waals surface area contributed by atoms with Gasteiger partial charge in [0.1, 0.15) is 18.3 Å².